The van der Waals surface area contributed by atoms with Gasteiger partial charge in [-0.2, -0.15) is 0 Å². The number of pyridine rings is 1. The van der Waals surface area contributed by atoms with Gasteiger partial charge in [0.15, 0.2) is 0 Å². The summed E-state index contributed by atoms with van der Waals surface area (Å²) in [6, 6.07) is 11.5. The van der Waals surface area contributed by atoms with Crippen LogP contribution in [0, 0.1) is 6.92 Å². The van der Waals surface area contributed by atoms with Crippen LogP contribution in [0.3, 0.4) is 0 Å². The fourth-order valence-electron chi connectivity index (χ4n) is 1.73. The number of aromatic nitrogens is 1. The minimum atomic E-state index is -0.527. The smallest absolute Gasteiger partial charge is 0.119 e. The molecule has 0 aliphatic carbocycles. The number of aliphatic hydroxyl groups excluding tert-OH is 1. The predicted molar refractivity (Wildman–Crippen MR) is 70.5 cm³/mol. The van der Waals surface area contributed by atoms with Crippen molar-refractivity contribution in [1.29, 1.82) is 0 Å². The van der Waals surface area contributed by atoms with Crippen LogP contribution in [0.25, 0.3) is 0 Å². The maximum Gasteiger partial charge on any atom is 0.119 e. The second kappa shape index (κ2) is 6.17. The second-order valence-electron chi connectivity index (χ2n) is 4.26. The van der Waals surface area contributed by atoms with Gasteiger partial charge in [0.05, 0.1) is 12.7 Å². The van der Waals surface area contributed by atoms with Crippen molar-refractivity contribution in [3.8, 4) is 5.75 Å². The highest BCUT2D eigenvalue weighted by molar-refractivity contribution is 5.21. The molecule has 0 radical (unpaired) electrons. The molecule has 1 aromatic heterocycles. The summed E-state index contributed by atoms with van der Waals surface area (Å²) in [6.07, 6.45) is 3.50. The minimum Gasteiger partial charge on any atom is -0.493 e. The van der Waals surface area contributed by atoms with Gasteiger partial charge in [0.25, 0.3) is 0 Å². The lowest BCUT2D eigenvalue weighted by Gasteiger charge is -2.12. The molecular weight excluding hydrogens is 226 g/mol. The molecule has 1 atom stereocenters. The summed E-state index contributed by atoms with van der Waals surface area (Å²) in [6.45, 7) is 2.45. The molecular formula is C15H17NO2. The van der Waals surface area contributed by atoms with Gasteiger partial charge in [0, 0.05) is 18.8 Å². The Balaban J connectivity index is 1.83. The van der Waals surface area contributed by atoms with E-state index in [2.05, 4.69) is 4.98 Å². The Kier molecular flexibility index (Phi) is 4.31. The molecule has 0 aliphatic rings. The van der Waals surface area contributed by atoms with E-state index in [9.17, 15) is 5.11 Å². The molecule has 0 bridgehead atoms. The minimum absolute atomic E-state index is 0.485. The van der Waals surface area contributed by atoms with E-state index in [0.29, 0.717) is 13.0 Å². The Labute approximate surface area is 107 Å². The molecule has 3 nitrogen and oxygen atoms in total. The normalized spacial score (nSPS) is 12.1. The van der Waals surface area contributed by atoms with Gasteiger partial charge in [-0.15, -0.1) is 0 Å². The molecule has 1 aromatic carbocycles. The summed E-state index contributed by atoms with van der Waals surface area (Å²) in [4.78, 5) is 4.07. The summed E-state index contributed by atoms with van der Waals surface area (Å²) >= 11 is 0. The molecule has 1 unspecified atom stereocenters. The van der Waals surface area contributed by atoms with Crippen LogP contribution in [0.15, 0.2) is 48.8 Å². The number of aryl methyl sites for hydroxylation is 1. The van der Waals surface area contributed by atoms with E-state index < -0.39 is 6.10 Å². The maximum absolute atomic E-state index is 10.0. The molecule has 0 saturated heterocycles. The number of benzene rings is 1. The Hall–Kier alpha value is -1.87. The molecule has 0 spiro atoms. The van der Waals surface area contributed by atoms with E-state index in [4.69, 9.17) is 4.74 Å². The summed E-state index contributed by atoms with van der Waals surface area (Å²) in [5.41, 5.74) is 1.89. The van der Waals surface area contributed by atoms with Crippen molar-refractivity contribution in [2.24, 2.45) is 0 Å². The van der Waals surface area contributed by atoms with E-state index in [1.807, 2.05) is 43.3 Å². The van der Waals surface area contributed by atoms with Crippen molar-refractivity contribution in [2.75, 3.05) is 6.61 Å². The highest BCUT2D eigenvalue weighted by atomic mass is 16.5. The van der Waals surface area contributed by atoms with E-state index in [1.54, 1.807) is 12.4 Å². The van der Waals surface area contributed by atoms with Gasteiger partial charge < -0.3 is 9.84 Å². The number of ether oxygens (including phenoxy) is 1. The number of hydrogen-bond donors (Lipinski definition) is 1. The first-order valence-electron chi connectivity index (χ1n) is 6.03. The van der Waals surface area contributed by atoms with Crippen molar-refractivity contribution < 1.29 is 9.84 Å². The average molecular weight is 243 g/mol. The first-order valence-corrected chi connectivity index (χ1v) is 6.03. The molecule has 3 heteroatoms. The average Bonchev–Trinajstić information content (AvgIpc) is 2.40. The second-order valence-corrected chi connectivity index (χ2v) is 4.26. The molecule has 1 heterocycles. The lowest BCUT2D eigenvalue weighted by atomic mass is 10.1. The predicted octanol–water partition coefficient (Wildman–Crippen LogP) is 2.89. The highest BCUT2D eigenvalue weighted by Crippen LogP contribution is 2.17. The molecule has 1 N–H and O–H groups in total. The molecule has 0 amide bonds. The third kappa shape index (κ3) is 3.57. The SMILES string of the molecule is Cc1cncc(C(O)CCOc2ccccc2)c1. The molecule has 18 heavy (non-hydrogen) atoms. The summed E-state index contributed by atoms with van der Waals surface area (Å²) in [7, 11) is 0. The summed E-state index contributed by atoms with van der Waals surface area (Å²) in [5.74, 6) is 0.826. The number of aliphatic hydroxyl groups is 1. The van der Waals surface area contributed by atoms with Crippen LogP contribution in [-0.2, 0) is 0 Å². The van der Waals surface area contributed by atoms with Crippen LogP contribution in [0.2, 0.25) is 0 Å². The first-order chi connectivity index (χ1) is 8.75. The van der Waals surface area contributed by atoms with E-state index >= 15 is 0 Å². The molecule has 0 fully saturated rings. The van der Waals surface area contributed by atoms with Crippen LogP contribution in [0.4, 0.5) is 0 Å². The zero-order valence-electron chi connectivity index (χ0n) is 10.4. The van der Waals surface area contributed by atoms with Crippen molar-refractivity contribution >= 4 is 0 Å². The van der Waals surface area contributed by atoms with Crippen LogP contribution >= 0.6 is 0 Å². The fourth-order valence-corrected chi connectivity index (χ4v) is 1.73. The third-order valence-electron chi connectivity index (χ3n) is 2.68. The molecule has 0 saturated carbocycles. The van der Waals surface area contributed by atoms with Gasteiger partial charge in [0.1, 0.15) is 5.75 Å². The summed E-state index contributed by atoms with van der Waals surface area (Å²) < 4.78 is 5.55. The number of rotatable bonds is 5. The Bertz CT molecular complexity index is 485. The maximum atomic E-state index is 10.0. The highest BCUT2D eigenvalue weighted by Gasteiger charge is 2.08. The topological polar surface area (TPSA) is 42.4 Å². The number of para-hydroxylation sites is 1. The van der Waals surface area contributed by atoms with Crippen LogP contribution in [0.1, 0.15) is 23.7 Å². The van der Waals surface area contributed by atoms with Crippen molar-refractivity contribution in [1.82, 2.24) is 4.98 Å². The van der Waals surface area contributed by atoms with Crippen LogP contribution in [0.5, 0.6) is 5.75 Å². The Morgan fingerprint density at radius 2 is 2.00 bits per heavy atom. The van der Waals surface area contributed by atoms with E-state index in [-0.39, 0.29) is 0 Å². The number of nitrogens with zero attached hydrogens (tertiary/aromatic N) is 1. The Morgan fingerprint density at radius 1 is 1.22 bits per heavy atom. The standard InChI is InChI=1S/C15H17NO2/c1-12-9-13(11-16-10-12)15(17)7-8-18-14-5-3-2-4-6-14/h2-6,9-11,15,17H,7-8H2,1H3. The van der Waals surface area contributed by atoms with Gasteiger partial charge in [-0.25, -0.2) is 0 Å². The zero-order valence-corrected chi connectivity index (χ0v) is 10.4. The van der Waals surface area contributed by atoms with E-state index in [1.165, 1.54) is 0 Å². The molecule has 2 rings (SSSR count). The van der Waals surface area contributed by atoms with Gasteiger partial charge >= 0.3 is 0 Å². The Morgan fingerprint density at radius 3 is 2.72 bits per heavy atom. The lowest BCUT2D eigenvalue weighted by Crippen LogP contribution is -2.05. The van der Waals surface area contributed by atoms with Gasteiger partial charge in [-0.1, -0.05) is 24.3 Å². The van der Waals surface area contributed by atoms with Crippen molar-refractivity contribution in [2.45, 2.75) is 19.4 Å². The van der Waals surface area contributed by atoms with Gasteiger partial charge in [0.2, 0.25) is 0 Å². The molecule has 0 aliphatic heterocycles. The summed E-state index contributed by atoms with van der Waals surface area (Å²) in [5, 5.41) is 10.0. The van der Waals surface area contributed by atoms with Gasteiger partial charge in [-0.3, -0.25) is 4.98 Å². The third-order valence-corrected chi connectivity index (χ3v) is 2.68. The largest absolute Gasteiger partial charge is 0.493 e. The molecule has 94 valence electrons. The number of hydrogen-bond acceptors (Lipinski definition) is 3. The lowest BCUT2D eigenvalue weighted by molar-refractivity contribution is 0.140. The fraction of sp³-hybridized carbons (Fsp3) is 0.267. The van der Waals surface area contributed by atoms with Crippen molar-refractivity contribution in [3.63, 3.8) is 0 Å². The van der Waals surface area contributed by atoms with Crippen molar-refractivity contribution in [3.05, 3.63) is 59.9 Å². The van der Waals surface area contributed by atoms with Crippen LogP contribution in [-0.4, -0.2) is 16.7 Å². The van der Waals surface area contributed by atoms with Gasteiger partial charge in [-0.05, 0) is 30.2 Å². The van der Waals surface area contributed by atoms with Crippen LogP contribution < -0.4 is 4.74 Å². The first kappa shape index (κ1) is 12.6. The quantitative estimate of drug-likeness (QED) is 0.878. The monoisotopic (exact) mass is 243 g/mol. The zero-order chi connectivity index (χ0) is 12.8. The molecule has 2 aromatic rings. The van der Waals surface area contributed by atoms with E-state index in [0.717, 1.165) is 16.9 Å².